The fourth-order valence-electron chi connectivity index (χ4n) is 5.30. The van der Waals surface area contributed by atoms with Crippen LogP contribution in [0.3, 0.4) is 0 Å². The van der Waals surface area contributed by atoms with Crippen LogP contribution in [-0.4, -0.2) is 63.8 Å². The van der Waals surface area contributed by atoms with Gasteiger partial charge in [0.2, 0.25) is 5.91 Å². The van der Waals surface area contributed by atoms with E-state index in [4.69, 9.17) is 15.0 Å². The van der Waals surface area contributed by atoms with E-state index in [9.17, 15) is 4.79 Å². The van der Waals surface area contributed by atoms with Gasteiger partial charge in [0, 0.05) is 41.7 Å². The summed E-state index contributed by atoms with van der Waals surface area (Å²) in [4.78, 5) is 30.9. The van der Waals surface area contributed by atoms with Gasteiger partial charge in [0.25, 0.3) is 0 Å². The molecule has 5 rings (SSSR count). The Morgan fingerprint density at radius 1 is 1.22 bits per heavy atom. The third kappa shape index (κ3) is 3.90. The maximum absolute atomic E-state index is 12.3. The third-order valence-corrected chi connectivity index (χ3v) is 7.97. The number of pyridine rings is 2. The Bertz CT molecular complexity index is 1460. The zero-order chi connectivity index (χ0) is 25.7. The zero-order valence-electron chi connectivity index (χ0n) is 21.4. The van der Waals surface area contributed by atoms with E-state index in [1.165, 1.54) is 6.08 Å². The van der Waals surface area contributed by atoms with E-state index in [1.807, 2.05) is 11.1 Å². The summed E-state index contributed by atoms with van der Waals surface area (Å²) in [5, 5.41) is 1.11. The van der Waals surface area contributed by atoms with Gasteiger partial charge >= 0.3 is 0 Å². The standard InChI is InChI=1S/C27H30BBrN6O/c1-6-22(36)33-9-10-34(17(5)13-33)26-18-11-19(28)20(29)12-21(18)35(27-24(26)31-14-32-27)25-16(4)7-8-30-23(25)15(2)3/h6-8,11-12,14-15,17H,1,9-10,13,28H2,2-5H3. The van der Waals surface area contributed by atoms with Crippen molar-refractivity contribution in [1.29, 1.82) is 0 Å². The average molecular weight is 545 g/mol. The number of aromatic nitrogens is 4. The van der Waals surface area contributed by atoms with Crippen molar-refractivity contribution in [2.45, 2.75) is 39.7 Å². The van der Waals surface area contributed by atoms with E-state index in [0.717, 1.165) is 55.0 Å². The summed E-state index contributed by atoms with van der Waals surface area (Å²) in [5.74, 6) is 1.02. The van der Waals surface area contributed by atoms with Gasteiger partial charge in [-0.05, 0) is 43.5 Å². The van der Waals surface area contributed by atoms with E-state index in [0.29, 0.717) is 19.6 Å². The van der Waals surface area contributed by atoms with Crippen molar-refractivity contribution in [3.8, 4) is 17.2 Å². The van der Waals surface area contributed by atoms with Crippen molar-refractivity contribution in [2.24, 2.45) is 0 Å². The van der Waals surface area contributed by atoms with E-state index in [-0.39, 0.29) is 17.9 Å². The number of hydrogen-bond donors (Lipinski definition) is 0. The van der Waals surface area contributed by atoms with Crippen LogP contribution < -0.4 is 10.4 Å². The second-order valence-electron chi connectivity index (χ2n) is 9.90. The first kappa shape index (κ1) is 24.5. The van der Waals surface area contributed by atoms with Gasteiger partial charge in [-0.3, -0.25) is 14.3 Å². The number of halogens is 1. The predicted octanol–water partition coefficient (Wildman–Crippen LogP) is 3.60. The number of nitrogens with zero attached hydrogens (tertiary/aromatic N) is 6. The van der Waals surface area contributed by atoms with Crippen molar-refractivity contribution in [1.82, 2.24) is 24.4 Å². The van der Waals surface area contributed by atoms with Crippen LogP contribution >= 0.6 is 15.9 Å². The molecular formula is C27H30BBrN6O. The van der Waals surface area contributed by atoms with Crippen LogP contribution in [0.25, 0.3) is 28.1 Å². The number of amides is 1. The Morgan fingerprint density at radius 2 is 2.00 bits per heavy atom. The highest BCUT2D eigenvalue weighted by atomic mass is 79.9. The number of benzene rings is 1. The minimum atomic E-state index is -0.0245. The molecule has 1 aromatic heterocycles. The summed E-state index contributed by atoms with van der Waals surface area (Å²) < 4.78 is 3.27. The van der Waals surface area contributed by atoms with E-state index < -0.39 is 0 Å². The number of hydrogen-bond acceptors (Lipinski definition) is 5. The SMILES string of the molecule is Bc1cc2c(N3CCN(C(=O)C=C)CC3C)c3ncnc-3n(-c3c(C)ccnc3C(C)C)c2cc1Br. The number of anilines is 1. The van der Waals surface area contributed by atoms with Crippen LogP contribution in [-0.2, 0) is 4.79 Å². The molecule has 1 aromatic carbocycles. The first-order chi connectivity index (χ1) is 17.2. The molecule has 9 heteroatoms. The van der Waals surface area contributed by atoms with Crippen LogP contribution in [0, 0.1) is 6.92 Å². The molecule has 0 bridgehead atoms. The molecule has 1 unspecified atom stereocenters. The topological polar surface area (TPSA) is 67.2 Å². The van der Waals surface area contributed by atoms with E-state index in [1.54, 1.807) is 6.33 Å². The highest BCUT2D eigenvalue weighted by Gasteiger charge is 2.33. The molecule has 1 fully saturated rings. The predicted molar refractivity (Wildman–Crippen MR) is 152 cm³/mol. The molecule has 2 aromatic rings. The maximum Gasteiger partial charge on any atom is 0.246 e. The summed E-state index contributed by atoms with van der Waals surface area (Å²) >= 11 is 3.78. The first-order valence-electron chi connectivity index (χ1n) is 12.3. The number of piperazine rings is 1. The van der Waals surface area contributed by atoms with Gasteiger partial charge in [-0.2, -0.15) is 0 Å². The van der Waals surface area contributed by atoms with Gasteiger partial charge < -0.3 is 9.80 Å². The second kappa shape index (κ2) is 9.35. The molecule has 0 spiro atoms. The molecule has 1 saturated heterocycles. The highest BCUT2D eigenvalue weighted by molar-refractivity contribution is 9.10. The third-order valence-electron chi connectivity index (χ3n) is 7.11. The Labute approximate surface area is 221 Å². The normalized spacial score (nSPS) is 16.3. The molecule has 1 amide bonds. The van der Waals surface area contributed by atoms with Crippen molar-refractivity contribution in [2.75, 3.05) is 24.5 Å². The Balaban J connectivity index is 1.82. The number of carbonyl (C=O) groups is 1. The fraction of sp³-hybridized carbons (Fsp3) is 0.333. The molecule has 184 valence electrons. The van der Waals surface area contributed by atoms with Crippen LogP contribution in [0.1, 0.15) is 37.9 Å². The first-order valence-corrected chi connectivity index (χ1v) is 13.1. The number of aryl methyl sites for hydroxylation is 1. The summed E-state index contributed by atoms with van der Waals surface area (Å²) in [6, 6.07) is 6.57. The smallest absolute Gasteiger partial charge is 0.246 e. The quantitative estimate of drug-likeness (QED) is 0.290. The van der Waals surface area contributed by atoms with Gasteiger partial charge in [-0.25, -0.2) is 9.97 Å². The summed E-state index contributed by atoms with van der Waals surface area (Å²) in [5.41, 5.74) is 7.34. The Morgan fingerprint density at radius 3 is 2.69 bits per heavy atom. The van der Waals surface area contributed by atoms with Crippen molar-refractivity contribution >= 4 is 51.7 Å². The number of rotatable bonds is 4. The maximum atomic E-state index is 12.3. The lowest BCUT2D eigenvalue weighted by molar-refractivity contribution is -0.126. The number of fused-ring (bicyclic) bond motifs is 2. The van der Waals surface area contributed by atoms with Gasteiger partial charge in [0.15, 0.2) is 5.82 Å². The largest absolute Gasteiger partial charge is 0.363 e. The highest BCUT2D eigenvalue weighted by Crippen LogP contribution is 2.42. The molecule has 1 atom stereocenters. The van der Waals surface area contributed by atoms with Crippen molar-refractivity contribution in [3.63, 3.8) is 0 Å². The van der Waals surface area contributed by atoms with Crippen LogP contribution in [0.2, 0.25) is 0 Å². The lowest BCUT2D eigenvalue weighted by atomic mass is 9.92. The number of imidazole rings is 1. The molecular weight excluding hydrogens is 515 g/mol. The molecule has 3 aliphatic heterocycles. The van der Waals surface area contributed by atoms with Gasteiger partial charge in [0.1, 0.15) is 19.9 Å². The molecule has 7 nitrogen and oxygen atoms in total. The molecule has 0 aliphatic carbocycles. The van der Waals surface area contributed by atoms with Crippen molar-refractivity contribution < 1.29 is 4.79 Å². The summed E-state index contributed by atoms with van der Waals surface area (Å²) in [6.45, 7) is 14.3. The summed E-state index contributed by atoms with van der Waals surface area (Å²) in [6.07, 6.45) is 4.92. The van der Waals surface area contributed by atoms with E-state index >= 15 is 0 Å². The van der Waals surface area contributed by atoms with Gasteiger partial charge in [0.05, 0.1) is 22.6 Å². The Kier molecular flexibility index (Phi) is 6.36. The van der Waals surface area contributed by atoms with Crippen LogP contribution in [0.15, 0.2) is 47.9 Å². The fourth-order valence-corrected chi connectivity index (χ4v) is 5.63. The lowest BCUT2D eigenvalue weighted by Crippen LogP contribution is -2.53. The molecule has 3 aliphatic rings. The minimum Gasteiger partial charge on any atom is -0.363 e. The average Bonchev–Trinajstić information content (AvgIpc) is 3.33. The van der Waals surface area contributed by atoms with Gasteiger partial charge in [-0.15, -0.1) is 0 Å². The Hall–Kier alpha value is -3.20. The summed E-state index contributed by atoms with van der Waals surface area (Å²) in [7, 11) is 2.11. The zero-order valence-corrected chi connectivity index (χ0v) is 23.0. The van der Waals surface area contributed by atoms with Crippen LogP contribution in [0.5, 0.6) is 0 Å². The molecule has 0 N–H and O–H groups in total. The minimum absolute atomic E-state index is 0.0245. The van der Waals surface area contributed by atoms with Crippen molar-refractivity contribution in [3.05, 3.63) is 59.1 Å². The van der Waals surface area contributed by atoms with Gasteiger partial charge in [-0.1, -0.05) is 47.9 Å². The number of carbonyl (C=O) groups excluding carboxylic acids is 1. The monoisotopic (exact) mass is 544 g/mol. The second-order valence-corrected chi connectivity index (χ2v) is 10.7. The lowest BCUT2D eigenvalue weighted by Gasteiger charge is -2.42. The van der Waals surface area contributed by atoms with E-state index in [2.05, 4.69) is 85.7 Å². The molecule has 4 heterocycles. The molecule has 0 saturated carbocycles. The molecule has 0 radical (unpaired) electrons. The molecule has 36 heavy (non-hydrogen) atoms. The van der Waals surface area contributed by atoms with Crippen LogP contribution in [0.4, 0.5) is 5.69 Å².